The van der Waals surface area contributed by atoms with E-state index in [2.05, 4.69) is 17.3 Å². The summed E-state index contributed by atoms with van der Waals surface area (Å²) >= 11 is 2.00. The van der Waals surface area contributed by atoms with Gasteiger partial charge in [-0.2, -0.15) is 11.8 Å². The van der Waals surface area contributed by atoms with Crippen LogP contribution in [0.3, 0.4) is 0 Å². The third-order valence-electron chi connectivity index (χ3n) is 5.01. The van der Waals surface area contributed by atoms with E-state index in [1.807, 2.05) is 16.7 Å². The summed E-state index contributed by atoms with van der Waals surface area (Å²) in [5.74, 6) is 2.62. The van der Waals surface area contributed by atoms with Crippen molar-refractivity contribution in [2.45, 2.75) is 30.9 Å². The molecular formula is C15H27N3O2S. The molecular weight excluding hydrogens is 286 g/mol. The second-order valence-electron chi connectivity index (χ2n) is 6.53. The van der Waals surface area contributed by atoms with Crippen LogP contribution in [0.5, 0.6) is 0 Å². The summed E-state index contributed by atoms with van der Waals surface area (Å²) in [6.07, 6.45) is 3.32. The number of amides is 1. The average Bonchev–Trinajstić information content (AvgIpc) is 2.96. The van der Waals surface area contributed by atoms with Crippen molar-refractivity contribution in [2.75, 3.05) is 57.9 Å². The Bertz CT molecular complexity index is 368. The molecule has 2 unspecified atom stereocenters. The predicted molar refractivity (Wildman–Crippen MR) is 85.7 cm³/mol. The molecule has 1 spiro atoms. The summed E-state index contributed by atoms with van der Waals surface area (Å²) in [5, 5.41) is 3.29. The first-order valence-electron chi connectivity index (χ1n) is 8.09. The molecule has 6 heteroatoms. The van der Waals surface area contributed by atoms with Gasteiger partial charge in [0.1, 0.15) is 0 Å². The van der Waals surface area contributed by atoms with Crippen LogP contribution in [0.2, 0.25) is 0 Å². The number of piperazine rings is 1. The van der Waals surface area contributed by atoms with E-state index in [4.69, 9.17) is 4.74 Å². The van der Waals surface area contributed by atoms with E-state index < -0.39 is 0 Å². The monoisotopic (exact) mass is 313 g/mol. The highest BCUT2D eigenvalue weighted by Crippen LogP contribution is 2.39. The molecule has 0 bridgehead atoms. The Morgan fingerprint density at radius 2 is 2.29 bits per heavy atom. The molecule has 1 N–H and O–H groups in total. The Morgan fingerprint density at radius 3 is 3.00 bits per heavy atom. The van der Waals surface area contributed by atoms with E-state index in [0.29, 0.717) is 12.6 Å². The number of nitrogens with one attached hydrogen (secondary N) is 1. The highest BCUT2D eigenvalue weighted by molar-refractivity contribution is 7.99. The lowest BCUT2D eigenvalue weighted by molar-refractivity contribution is -0.135. The van der Waals surface area contributed by atoms with E-state index in [1.165, 1.54) is 12.2 Å². The molecule has 5 nitrogen and oxygen atoms in total. The highest BCUT2D eigenvalue weighted by atomic mass is 32.2. The van der Waals surface area contributed by atoms with Crippen LogP contribution in [-0.4, -0.2) is 85.2 Å². The normalized spacial score (nSPS) is 33.8. The van der Waals surface area contributed by atoms with Crippen molar-refractivity contribution in [3.8, 4) is 0 Å². The summed E-state index contributed by atoms with van der Waals surface area (Å²) in [6, 6.07) is 0.490. The molecule has 3 heterocycles. The number of carbonyl (C=O) groups excluding carboxylic acids is 1. The number of likely N-dealkylation sites (N-methyl/N-ethyl adjacent to an activating group) is 1. The quantitative estimate of drug-likeness (QED) is 0.817. The van der Waals surface area contributed by atoms with Crippen LogP contribution < -0.4 is 5.32 Å². The van der Waals surface area contributed by atoms with Crippen LogP contribution in [0.25, 0.3) is 0 Å². The molecule has 3 saturated heterocycles. The van der Waals surface area contributed by atoms with Crippen molar-refractivity contribution in [3.05, 3.63) is 0 Å². The smallest absolute Gasteiger partial charge is 0.236 e. The van der Waals surface area contributed by atoms with Crippen molar-refractivity contribution in [1.29, 1.82) is 0 Å². The summed E-state index contributed by atoms with van der Waals surface area (Å²) < 4.78 is 6.08. The fraction of sp³-hybridized carbons (Fsp3) is 0.933. The molecule has 3 fully saturated rings. The zero-order valence-corrected chi connectivity index (χ0v) is 13.8. The first-order chi connectivity index (χ1) is 10.2. The number of hydrogen-bond donors (Lipinski definition) is 1. The van der Waals surface area contributed by atoms with E-state index >= 15 is 0 Å². The zero-order chi connectivity index (χ0) is 14.7. The van der Waals surface area contributed by atoms with Gasteiger partial charge in [-0.25, -0.2) is 0 Å². The van der Waals surface area contributed by atoms with Gasteiger partial charge in [-0.1, -0.05) is 0 Å². The summed E-state index contributed by atoms with van der Waals surface area (Å²) in [4.78, 5) is 16.6. The third-order valence-corrected chi connectivity index (χ3v) is 6.23. The molecule has 0 aromatic heterocycles. The number of rotatable bonds is 3. The number of thioether (sulfide) groups is 1. The Labute approximate surface area is 131 Å². The number of ether oxygens (including phenoxy) is 1. The van der Waals surface area contributed by atoms with Gasteiger partial charge < -0.3 is 15.0 Å². The maximum atomic E-state index is 12.4. The van der Waals surface area contributed by atoms with E-state index in [1.54, 1.807) is 0 Å². The zero-order valence-electron chi connectivity index (χ0n) is 13.0. The molecule has 0 aromatic rings. The van der Waals surface area contributed by atoms with Gasteiger partial charge in [0, 0.05) is 44.6 Å². The number of nitrogens with zero attached hydrogens (tertiary/aromatic N) is 2. The topological polar surface area (TPSA) is 44.8 Å². The maximum Gasteiger partial charge on any atom is 0.236 e. The Kier molecular flexibility index (Phi) is 5.09. The van der Waals surface area contributed by atoms with Crippen molar-refractivity contribution in [1.82, 2.24) is 15.1 Å². The fourth-order valence-corrected chi connectivity index (χ4v) is 4.98. The predicted octanol–water partition coefficient (Wildman–Crippen LogP) is 0.405. The number of hydrogen-bond acceptors (Lipinski definition) is 5. The number of carbonyl (C=O) groups is 1. The molecule has 3 rings (SSSR count). The van der Waals surface area contributed by atoms with E-state index in [-0.39, 0.29) is 11.5 Å². The molecule has 120 valence electrons. The SMILES string of the molecule is CN(CC(=O)N1CCNCC1)C1CCOC2(CCSC2)C1. The van der Waals surface area contributed by atoms with Gasteiger partial charge in [0.15, 0.2) is 0 Å². The third kappa shape index (κ3) is 3.73. The molecule has 0 saturated carbocycles. The van der Waals surface area contributed by atoms with Crippen LogP contribution in [0.15, 0.2) is 0 Å². The maximum absolute atomic E-state index is 12.4. The standard InChI is InChI=1S/C15H27N3O2S/c1-17(11-14(19)18-6-4-16-5-7-18)13-2-8-20-15(10-13)3-9-21-12-15/h13,16H,2-12H2,1H3. The fourth-order valence-electron chi connectivity index (χ4n) is 3.60. The Balaban J connectivity index is 1.52. The van der Waals surface area contributed by atoms with Gasteiger partial charge in [-0.05, 0) is 32.1 Å². The van der Waals surface area contributed by atoms with Gasteiger partial charge in [-0.15, -0.1) is 0 Å². The minimum Gasteiger partial charge on any atom is -0.374 e. The van der Waals surface area contributed by atoms with Crippen LogP contribution in [0.1, 0.15) is 19.3 Å². The molecule has 0 aliphatic carbocycles. The largest absolute Gasteiger partial charge is 0.374 e. The molecule has 21 heavy (non-hydrogen) atoms. The minimum atomic E-state index is 0.0972. The lowest BCUT2D eigenvalue weighted by atomic mass is 9.89. The first kappa shape index (κ1) is 15.6. The van der Waals surface area contributed by atoms with E-state index in [0.717, 1.165) is 51.4 Å². The Hall–Kier alpha value is -0.300. The average molecular weight is 313 g/mol. The van der Waals surface area contributed by atoms with Gasteiger partial charge >= 0.3 is 0 Å². The van der Waals surface area contributed by atoms with Gasteiger partial charge in [0.25, 0.3) is 0 Å². The molecule has 2 atom stereocenters. The van der Waals surface area contributed by atoms with Crippen molar-refractivity contribution >= 4 is 17.7 Å². The van der Waals surface area contributed by atoms with Gasteiger partial charge in [-0.3, -0.25) is 9.69 Å². The van der Waals surface area contributed by atoms with Crippen molar-refractivity contribution in [2.24, 2.45) is 0 Å². The molecule has 0 radical (unpaired) electrons. The van der Waals surface area contributed by atoms with Crippen LogP contribution >= 0.6 is 11.8 Å². The van der Waals surface area contributed by atoms with Crippen LogP contribution in [0, 0.1) is 0 Å². The van der Waals surface area contributed by atoms with Crippen molar-refractivity contribution < 1.29 is 9.53 Å². The first-order valence-corrected chi connectivity index (χ1v) is 9.24. The van der Waals surface area contributed by atoms with Gasteiger partial charge in [0.05, 0.1) is 12.1 Å². The lowest BCUT2D eigenvalue weighted by Crippen LogP contribution is -2.52. The summed E-state index contributed by atoms with van der Waals surface area (Å²) in [7, 11) is 2.10. The van der Waals surface area contributed by atoms with Crippen molar-refractivity contribution in [3.63, 3.8) is 0 Å². The lowest BCUT2D eigenvalue weighted by Gasteiger charge is -2.41. The second-order valence-corrected chi connectivity index (χ2v) is 7.63. The Morgan fingerprint density at radius 1 is 1.48 bits per heavy atom. The molecule has 3 aliphatic rings. The van der Waals surface area contributed by atoms with Crippen LogP contribution in [-0.2, 0) is 9.53 Å². The van der Waals surface area contributed by atoms with E-state index in [9.17, 15) is 4.79 Å². The van der Waals surface area contributed by atoms with Crippen LogP contribution in [0.4, 0.5) is 0 Å². The van der Waals surface area contributed by atoms with Gasteiger partial charge in [0.2, 0.25) is 5.91 Å². The molecule has 1 amide bonds. The summed E-state index contributed by atoms with van der Waals surface area (Å²) in [5.41, 5.74) is 0.0972. The molecule has 3 aliphatic heterocycles. The highest BCUT2D eigenvalue weighted by Gasteiger charge is 2.41. The second kappa shape index (κ2) is 6.86. The minimum absolute atomic E-state index is 0.0972. The molecule has 0 aromatic carbocycles. The summed E-state index contributed by atoms with van der Waals surface area (Å²) in [6.45, 7) is 4.94.